The monoisotopic (exact) mass is 403 g/mol. The van der Waals surface area contributed by atoms with Crippen molar-refractivity contribution < 1.29 is 4.79 Å². The van der Waals surface area contributed by atoms with Crippen molar-refractivity contribution in [3.63, 3.8) is 0 Å². The molecule has 0 aromatic heterocycles. The first-order valence-corrected chi connectivity index (χ1v) is 12.0. The molecule has 1 saturated heterocycles. The maximum Gasteiger partial charge on any atom is 0.317 e. The van der Waals surface area contributed by atoms with Crippen LogP contribution in [0.2, 0.25) is 0 Å². The number of hydrogen-bond donors (Lipinski definition) is 1. The first-order chi connectivity index (χ1) is 13.7. The third-order valence-corrected chi connectivity index (χ3v) is 7.75. The van der Waals surface area contributed by atoms with Gasteiger partial charge in [0.05, 0.1) is 0 Å². The Balaban J connectivity index is 1.34. The highest BCUT2D eigenvalue weighted by atomic mass is 32.2. The van der Waals surface area contributed by atoms with Crippen LogP contribution in [0.1, 0.15) is 63.4 Å². The Kier molecular flexibility index (Phi) is 8.53. The van der Waals surface area contributed by atoms with Crippen molar-refractivity contribution in [1.82, 2.24) is 14.5 Å². The van der Waals surface area contributed by atoms with Gasteiger partial charge in [-0.15, -0.1) is 0 Å². The van der Waals surface area contributed by atoms with E-state index >= 15 is 0 Å². The van der Waals surface area contributed by atoms with E-state index < -0.39 is 0 Å². The maximum absolute atomic E-state index is 12.6. The second-order valence-electron chi connectivity index (χ2n) is 8.42. The minimum absolute atomic E-state index is 0.116. The Morgan fingerprint density at radius 3 is 2.43 bits per heavy atom. The standard InChI is InChI=1S/C23H37N3OS/c1-3-17-28-26-15-13-22(14-16-26)25(2)23(27)24-18-19-9-11-21(12-10-19)20-7-5-4-6-8-20/h4-8,19,21-22H,3,9-18H2,1-2H3,(H,24,27). The molecule has 1 aliphatic carbocycles. The van der Waals surface area contributed by atoms with Gasteiger partial charge in [-0.1, -0.05) is 49.2 Å². The quantitative estimate of drug-likeness (QED) is 0.642. The van der Waals surface area contributed by atoms with E-state index in [9.17, 15) is 4.79 Å². The topological polar surface area (TPSA) is 35.6 Å². The maximum atomic E-state index is 12.6. The lowest BCUT2D eigenvalue weighted by atomic mass is 9.79. The third-order valence-electron chi connectivity index (χ3n) is 6.43. The van der Waals surface area contributed by atoms with Crippen LogP contribution in [0.3, 0.4) is 0 Å². The highest BCUT2D eigenvalue weighted by Crippen LogP contribution is 2.35. The summed E-state index contributed by atoms with van der Waals surface area (Å²) in [7, 11) is 1.97. The minimum atomic E-state index is 0.116. The number of piperidine rings is 1. The van der Waals surface area contributed by atoms with Gasteiger partial charge in [-0.2, -0.15) is 0 Å². The summed E-state index contributed by atoms with van der Waals surface area (Å²) in [6.07, 6.45) is 8.32. The summed E-state index contributed by atoms with van der Waals surface area (Å²) < 4.78 is 2.47. The van der Waals surface area contributed by atoms with Crippen LogP contribution in [0.25, 0.3) is 0 Å². The summed E-state index contributed by atoms with van der Waals surface area (Å²) in [6, 6.07) is 11.4. The predicted octanol–water partition coefficient (Wildman–Crippen LogP) is 5.12. The van der Waals surface area contributed by atoms with E-state index in [0.29, 0.717) is 17.9 Å². The molecule has 1 N–H and O–H groups in total. The van der Waals surface area contributed by atoms with E-state index in [1.165, 1.54) is 43.4 Å². The summed E-state index contributed by atoms with van der Waals surface area (Å²) in [5, 5.41) is 3.22. The van der Waals surface area contributed by atoms with Crippen molar-refractivity contribution in [2.75, 3.05) is 32.4 Å². The lowest BCUT2D eigenvalue weighted by Gasteiger charge is -2.36. The van der Waals surface area contributed by atoms with Gasteiger partial charge in [-0.05, 0) is 62.3 Å². The van der Waals surface area contributed by atoms with E-state index in [1.807, 2.05) is 23.9 Å². The predicted molar refractivity (Wildman–Crippen MR) is 120 cm³/mol. The minimum Gasteiger partial charge on any atom is -0.338 e. The number of nitrogens with one attached hydrogen (secondary N) is 1. The largest absolute Gasteiger partial charge is 0.338 e. The van der Waals surface area contributed by atoms with E-state index in [2.05, 4.69) is 46.9 Å². The molecule has 5 heteroatoms. The molecule has 0 atom stereocenters. The lowest BCUT2D eigenvalue weighted by molar-refractivity contribution is 0.162. The summed E-state index contributed by atoms with van der Waals surface area (Å²) in [5.74, 6) is 2.53. The summed E-state index contributed by atoms with van der Waals surface area (Å²) in [5.41, 5.74) is 1.48. The first-order valence-electron chi connectivity index (χ1n) is 11.1. The highest BCUT2D eigenvalue weighted by Gasteiger charge is 2.27. The van der Waals surface area contributed by atoms with Crippen molar-refractivity contribution in [2.45, 2.75) is 63.8 Å². The van der Waals surface area contributed by atoms with Crippen molar-refractivity contribution in [2.24, 2.45) is 5.92 Å². The molecular weight excluding hydrogens is 366 g/mol. The lowest BCUT2D eigenvalue weighted by Crippen LogP contribution is -2.48. The van der Waals surface area contributed by atoms with Crippen molar-refractivity contribution in [3.8, 4) is 0 Å². The Morgan fingerprint density at radius 2 is 1.79 bits per heavy atom. The molecule has 0 bridgehead atoms. The number of nitrogens with zero attached hydrogens (tertiary/aromatic N) is 2. The van der Waals surface area contributed by atoms with Crippen molar-refractivity contribution in [3.05, 3.63) is 35.9 Å². The normalized spacial score (nSPS) is 24.1. The molecule has 2 amide bonds. The number of urea groups is 1. The zero-order chi connectivity index (χ0) is 19.8. The van der Waals surface area contributed by atoms with Gasteiger partial charge < -0.3 is 10.2 Å². The molecule has 3 rings (SSSR count). The van der Waals surface area contributed by atoms with Gasteiger partial charge in [0.1, 0.15) is 0 Å². The Bertz CT molecular complexity index is 581. The molecule has 2 fully saturated rings. The molecule has 1 aromatic rings. The fraction of sp³-hybridized carbons (Fsp3) is 0.696. The number of benzene rings is 1. The van der Waals surface area contributed by atoms with E-state index in [1.54, 1.807) is 0 Å². The Morgan fingerprint density at radius 1 is 1.11 bits per heavy atom. The molecule has 0 unspecified atom stereocenters. The Labute approximate surface area is 175 Å². The van der Waals surface area contributed by atoms with Crippen LogP contribution < -0.4 is 5.32 Å². The fourth-order valence-corrected chi connectivity index (χ4v) is 5.44. The van der Waals surface area contributed by atoms with Crippen LogP contribution in [0.4, 0.5) is 4.79 Å². The molecule has 1 heterocycles. The molecule has 0 spiro atoms. The first kappa shape index (κ1) is 21.5. The van der Waals surface area contributed by atoms with Crippen LogP contribution >= 0.6 is 11.9 Å². The summed E-state index contributed by atoms with van der Waals surface area (Å²) in [4.78, 5) is 14.6. The van der Waals surface area contributed by atoms with E-state index in [4.69, 9.17) is 0 Å². The molecule has 1 aliphatic heterocycles. The van der Waals surface area contributed by atoms with Crippen LogP contribution in [0.5, 0.6) is 0 Å². The van der Waals surface area contributed by atoms with Crippen LogP contribution in [0.15, 0.2) is 30.3 Å². The van der Waals surface area contributed by atoms with Crippen LogP contribution in [-0.2, 0) is 0 Å². The Hall–Kier alpha value is -1.20. The van der Waals surface area contributed by atoms with E-state index in [-0.39, 0.29) is 6.03 Å². The molecular formula is C23H37N3OS. The number of amides is 2. The number of carbonyl (C=O) groups excluding carboxylic acids is 1. The van der Waals surface area contributed by atoms with E-state index in [0.717, 1.165) is 32.5 Å². The van der Waals surface area contributed by atoms with Gasteiger partial charge in [0.15, 0.2) is 0 Å². The third kappa shape index (κ3) is 6.15. The van der Waals surface area contributed by atoms with Gasteiger partial charge in [0.2, 0.25) is 0 Å². The van der Waals surface area contributed by atoms with Gasteiger partial charge >= 0.3 is 6.03 Å². The average molecular weight is 404 g/mol. The van der Waals surface area contributed by atoms with Gasteiger partial charge in [-0.25, -0.2) is 4.79 Å². The molecule has 28 heavy (non-hydrogen) atoms. The van der Waals surface area contributed by atoms with Crippen LogP contribution in [0, 0.1) is 5.92 Å². The molecule has 4 nitrogen and oxygen atoms in total. The summed E-state index contributed by atoms with van der Waals surface area (Å²) in [6.45, 7) is 5.24. The van der Waals surface area contributed by atoms with Gasteiger partial charge in [0.25, 0.3) is 0 Å². The van der Waals surface area contributed by atoms with Crippen LogP contribution in [-0.4, -0.2) is 53.7 Å². The van der Waals surface area contributed by atoms with Crippen molar-refractivity contribution >= 4 is 18.0 Å². The molecule has 1 saturated carbocycles. The SMILES string of the molecule is CCCSN1CCC(N(C)C(=O)NCC2CCC(c3ccccc3)CC2)CC1. The second-order valence-corrected chi connectivity index (χ2v) is 9.60. The number of hydrogen-bond acceptors (Lipinski definition) is 3. The zero-order valence-corrected chi connectivity index (χ0v) is 18.4. The second kappa shape index (κ2) is 11.1. The molecule has 156 valence electrons. The highest BCUT2D eigenvalue weighted by molar-refractivity contribution is 7.97. The summed E-state index contributed by atoms with van der Waals surface area (Å²) >= 11 is 1.96. The number of carbonyl (C=O) groups is 1. The smallest absolute Gasteiger partial charge is 0.317 e. The van der Waals surface area contributed by atoms with Gasteiger partial charge in [-0.3, -0.25) is 4.31 Å². The molecule has 0 radical (unpaired) electrons. The zero-order valence-electron chi connectivity index (χ0n) is 17.6. The number of rotatable bonds is 7. The molecule has 1 aromatic carbocycles. The van der Waals surface area contributed by atoms with Crippen molar-refractivity contribution in [1.29, 1.82) is 0 Å². The fourth-order valence-electron chi connectivity index (χ4n) is 4.53. The van der Waals surface area contributed by atoms with Gasteiger partial charge in [0, 0.05) is 38.5 Å². The molecule has 2 aliphatic rings. The average Bonchev–Trinajstić information content (AvgIpc) is 2.77.